The number of halogens is 3. The van der Waals surface area contributed by atoms with Gasteiger partial charge in [-0.2, -0.15) is 0 Å². The van der Waals surface area contributed by atoms with Gasteiger partial charge in [0, 0.05) is 19.1 Å². The van der Waals surface area contributed by atoms with Crippen LogP contribution in [0, 0.1) is 17.5 Å². The van der Waals surface area contributed by atoms with E-state index in [9.17, 15) is 13.2 Å². The third kappa shape index (κ3) is 3.83. The van der Waals surface area contributed by atoms with Crippen molar-refractivity contribution < 1.29 is 13.2 Å². The van der Waals surface area contributed by atoms with Crippen LogP contribution < -0.4 is 5.73 Å². The van der Waals surface area contributed by atoms with Gasteiger partial charge >= 0.3 is 0 Å². The molecule has 0 aromatic heterocycles. The van der Waals surface area contributed by atoms with Crippen molar-refractivity contribution in [3.8, 4) is 0 Å². The quantitative estimate of drug-likeness (QED) is 0.917. The summed E-state index contributed by atoms with van der Waals surface area (Å²) in [6.45, 7) is 0.704. The van der Waals surface area contributed by atoms with Crippen molar-refractivity contribution in [1.82, 2.24) is 4.90 Å². The van der Waals surface area contributed by atoms with Gasteiger partial charge in [0.05, 0.1) is 0 Å². The Morgan fingerprint density at radius 2 is 1.81 bits per heavy atom. The van der Waals surface area contributed by atoms with E-state index in [0.29, 0.717) is 12.1 Å². The summed E-state index contributed by atoms with van der Waals surface area (Å²) in [5.41, 5.74) is 7.13. The first-order valence-corrected chi connectivity index (χ1v) is 6.61. The van der Waals surface area contributed by atoms with Crippen molar-refractivity contribution in [2.75, 3.05) is 13.6 Å². The first kappa shape index (κ1) is 15.5. The minimum atomic E-state index is -0.898. The molecule has 2 rings (SSSR count). The highest BCUT2D eigenvalue weighted by molar-refractivity contribution is 5.23. The highest BCUT2D eigenvalue weighted by atomic mass is 19.2. The van der Waals surface area contributed by atoms with Crippen LogP contribution in [0.4, 0.5) is 13.2 Å². The van der Waals surface area contributed by atoms with E-state index in [1.807, 2.05) is 11.9 Å². The van der Waals surface area contributed by atoms with Gasteiger partial charge in [-0.3, -0.25) is 4.90 Å². The van der Waals surface area contributed by atoms with E-state index in [-0.39, 0.29) is 18.4 Å². The molecule has 0 aliphatic heterocycles. The molecule has 0 aliphatic rings. The number of rotatable bonds is 5. The van der Waals surface area contributed by atoms with Gasteiger partial charge in [0.15, 0.2) is 11.6 Å². The zero-order valence-corrected chi connectivity index (χ0v) is 11.7. The van der Waals surface area contributed by atoms with Crippen LogP contribution in [-0.2, 0) is 6.54 Å². The summed E-state index contributed by atoms with van der Waals surface area (Å²) in [4.78, 5) is 1.88. The van der Waals surface area contributed by atoms with E-state index in [4.69, 9.17) is 5.73 Å². The maximum Gasteiger partial charge on any atom is 0.159 e. The molecule has 112 valence electrons. The van der Waals surface area contributed by atoms with Crippen LogP contribution in [0.25, 0.3) is 0 Å². The van der Waals surface area contributed by atoms with E-state index in [0.717, 1.165) is 17.7 Å². The summed E-state index contributed by atoms with van der Waals surface area (Å²) in [7, 11) is 1.81. The van der Waals surface area contributed by atoms with Gasteiger partial charge in [0.2, 0.25) is 0 Å². The molecule has 2 nitrogen and oxygen atoms in total. The zero-order valence-electron chi connectivity index (χ0n) is 11.7. The summed E-state index contributed by atoms with van der Waals surface area (Å²) in [6.07, 6.45) is 0. The number of likely N-dealkylation sites (N-methyl/N-ethyl adjacent to an activating group) is 1. The minimum absolute atomic E-state index is 0.247. The average molecular weight is 294 g/mol. The lowest BCUT2D eigenvalue weighted by atomic mass is 10.0. The molecule has 0 fully saturated rings. The zero-order chi connectivity index (χ0) is 15.4. The van der Waals surface area contributed by atoms with Gasteiger partial charge in [-0.05, 0) is 42.4 Å². The van der Waals surface area contributed by atoms with Crippen molar-refractivity contribution in [3.05, 3.63) is 71.0 Å². The van der Waals surface area contributed by atoms with Gasteiger partial charge in [0.1, 0.15) is 5.82 Å². The third-order valence-electron chi connectivity index (χ3n) is 3.40. The first-order valence-electron chi connectivity index (χ1n) is 6.61. The van der Waals surface area contributed by atoms with Crippen molar-refractivity contribution in [3.63, 3.8) is 0 Å². The molecule has 0 bridgehead atoms. The van der Waals surface area contributed by atoms with Crippen LogP contribution in [0.2, 0.25) is 0 Å². The van der Waals surface area contributed by atoms with Gasteiger partial charge in [0.25, 0.3) is 0 Å². The van der Waals surface area contributed by atoms with Gasteiger partial charge in [-0.15, -0.1) is 0 Å². The van der Waals surface area contributed by atoms with Crippen LogP contribution in [0.1, 0.15) is 17.2 Å². The van der Waals surface area contributed by atoms with Crippen LogP contribution in [-0.4, -0.2) is 18.5 Å². The van der Waals surface area contributed by atoms with Crippen LogP contribution in [0.5, 0.6) is 0 Å². The second kappa shape index (κ2) is 6.74. The summed E-state index contributed by atoms with van der Waals surface area (Å²) < 4.78 is 39.5. The molecule has 0 heterocycles. The monoisotopic (exact) mass is 294 g/mol. The Bertz CT molecular complexity index is 616. The second-order valence-corrected chi connectivity index (χ2v) is 4.97. The lowest BCUT2D eigenvalue weighted by molar-refractivity contribution is 0.241. The lowest BCUT2D eigenvalue weighted by Crippen LogP contribution is -2.30. The molecule has 0 radical (unpaired) electrons. The number of nitrogens with two attached hydrogens (primary N) is 1. The highest BCUT2D eigenvalue weighted by Crippen LogP contribution is 2.22. The van der Waals surface area contributed by atoms with Crippen LogP contribution in [0.3, 0.4) is 0 Å². The molecular formula is C16H17F3N2. The molecule has 0 amide bonds. The predicted molar refractivity (Wildman–Crippen MR) is 76.0 cm³/mol. The van der Waals surface area contributed by atoms with Crippen molar-refractivity contribution in [2.45, 2.75) is 12.6 Å². The van der Waals surface area contributed by atoms with Gasteiger partial charge < -0.3 is 5.73 Å². The minimum Gasteiger partial charge on any atom is -0.329 e. The van der Waals surface area contributed by atoms with Gasteiger partial charge in [-0.1, -0.05) is 18.2 Å². The normalized spacial score (nSPS) is 12.7. The van der Waals surface area contributed by atoms with E-state index < -0.39 is 11.6 Å². The fraction of sp³-hybridized carbons (Fsp3) is 0.250. The molecule has 0 spiro atoms. The first-order chi connectivity index (χ1) is 10.0. The number of hydrogen-bond donors (Lipinski definition) is 1. The molecular weight excluding hydrogens is 277 g/mol. The molecule has 21 heavy (non-hydrogen) atoms. The average Bonchev–Trinajstić information content (AvgIpc) is 2.43. The molecule has 1 unspecified atom stereocenters. The third-order valence-corrected chi connectivity index (χ3v) is 3.40. The second-order valence-electron chi connectivity index (χ2n) is 4.97. The number of benzene rings is 2. The molecule has 2 aromatic carbocycles. The van der Waals surface area contributed by atoms with Crippen molar-refractivity contribution >= 4 is 0 Å². The highest BCUT2D eigenvalue weighted by Gasteiger charge is 2.17. The van der Waals surface area contributed by atoms with Crippen LogP contribution in [0.15, 0.2) is 42.5 Å². The summed E-state index contributed by atoms with van der Waals surface area (Å²) in [5, 5.41) is 0. The topological polar surface area (TPSA) is 29.3 Å². The Labute approximate surface area is 122 Å². The standard InChI is InChI=1S/C16H17F3N2/c1-21(10-11-3-2-4-13(17)7-11)16(9-20)12-5-6-14(18)15(19)8-12/h2-8,16H,9-10,20H2,1H3. The van der Waals surface area contributed by atoms with Gasteiger partial charge in [-0.25, -0.2) is 13.2 Å². The smallest absolute Gasteiger partial charge is 0.159 e. The lowest BCUT2D eigenvalue weighted by Gasteiger charge is -2.27. The molecule has 2 aromatic rings. The molecule has 5 heteroatoms. The van der Waals surface area contributed by atoms with Crippen molar-refractivity contribution in [1.29, 1.82) is 0 Å². The molecule has 0 saturated heterocycles. The van der Waals surface area contributed by atoms with E-state index in [2.05, 4.69) is 0 Å². The molecule has 1 atom stereocenters. The van der Waals surface area contributed by atoms with Crippen LogP contribution >= 0.6 is 0 Å². The number of hydrogen-bond acceptors (Lipinski definition) is 2. The summed E-state index contributed by atoms with van der Waals surface area (Å²) >= 11 is 0. The Morgan fingerprint density at radius 1 is 1.05 bits per heavy atom. The number of nitrogens with zero attached hydrogens (tertiary/aromatic N) is 1. The Kier molecular flexibility index (Phi) is 4.98. The Balaban J connectivity index is 2.18. The Morgan fingerprint density at radius 3 is 2.43 bits per heavy atom. The maximum absolute atomic E-state index is 13.3. The molecule has 2 N–H and O–H groups in total. The predicted octanol–water partition coefficient (Wildman–Crippen LogP) is 3.24. The summed E-state index contributed by atoms with van der Waals surface area (Å²) in [6, 6.07) is 9.72. The van der Waals surface area contributed by atoms with E-state index in [1.165, 1.54) is 18.2 Å². The molecule has 0 aliphatic carbocycles. The van der Waals surface area contributed by atoms with E-state index in [1.54, 1.807) is 12.1 Å². The van der Waals surface area contributed by atoms with E-state index >= 15 is 0 Å². The largest absolute Gasteiger partial charge is 0.329 e. The SMILES string of the molecule is CN(Cc1cccc(F)c1)C(CN)c1ccc(F)c(F)c1. The maximum atomic E-state index is 13.3. The fourth-order valence-electron chi connectivity index (χ4n) is 2.32. The molecule has 0 saturated carbocycles. The summed E-state index contributed by atoms with van der Waals surface area (Å²) in [5.74, 6) is -2.09. The van der Waals surface area contributed by atoms with Crippen molar-refractivity contribution in [2.24, 2.45) is 5.73 Å². The Hall–Kier alpha value is -1.85. The fourth-order valence-corrected chi connectivity index (χ4v) is 2.32.